The maximum atomic E-state index is 13.8. The zero-order chi connectivity index (χ0) is 15.4. The minimum Gasteiger partial charge on any atom is -0.496 e. The summed E-state index contributed by atoms with van der Waals surface area (Å²) in [4.78, 5) is 10.5. The second-order valence-electron chi connectivity index (χ2n) is 4.21. The van der Waals surface area contributed by atoms with Crippen LogP contribution >= 0.6 is 11.6 Å². The van der Waals surface area contributed by atoms with Crippen LogP contribution in [0.4, 0.5) is 15.8 Å². The van der Waals surface area contributed by atoms with Crippen molar-refractivity contribution in [2.45, 2.75) is 6.54 Å². The van der Waals surface area contributed by atoms with E-state index in [1.807, 2.05) is 0 Å². The molecule has 7 heteroatoms. The van der Waals surface area contributed by atoms with Crippen molar-refractivity contribution in [1.82, 2.24) is 0 Å². The summed E-state index contributed by atoms with van der Waals surface area (Å²) in [5.74, 6) is -0.163. The molecular formula is C14H12ClFN2O3. The molecule has 0 heterocycles. The van der Waals surface area contributed by atoms with Gasteiger partial charge >= 0.3 is 0 Å². The van der Waals surface area contributed by atoms with Crippen LogP contribution < -0.4 is 10.1 Å². The summed E-state index contributed by atoms with van der Waals surface area (Å²) in [6, 6.07) is 9.02. The van der Waals surface area contributed by atoms with Crippen LogP contribution in [-0.4, -0.2) is 12.0 Å². The maximum absolute atomic E-state index is 13.8. The number of nitro groups is 1. The fourth-order valence-electron chi connectivity index (χ4n) is 1.81. The molecule has 0 amide bonds. The number of anilines is 1. The second kappa shape index (κ2) is 6.41. The van der Waals surface area contributed by atoms with Crippen molar-refractivity contribution in [2.24, 2.45) is 0 Å². The van der Waals surface area contributed by atoms with Gasteiger partial charge in [0.2, 0.25) is 0 Å². The molecule has 0 aliphatic carbocycles. The quantitative estimate of drug-likeness (QED) is 0.669. The van der Waals surface area contributed by atoms with Crippen LogP contribution in [0.25, 0.3) is 0 Å². The first-order valence-electron chi connectivity index (χ1n) is 6.02. The normalized spacial score (nSPS) is 10.2. The standard InChI is InChI=1S/C14H12ClFN2O3/c1-21-10-5-6-12(13(7-10)18(19)20)17-8-9-3-2-4-11(15)14(9)16/h2-7,17H,8H2,1H3. The molecule has 1 N–H and O–H groups in total. The monoisotopic (exact) mass is 310 g/mol. The smallest absolute Gasteiger partial charge is 0.296 e. The lowest BCUT2D eigenvalue weighted by atomic mass is 10.2. The number of nitrogens with one attached hydrogen (secondary N) is 1. The molecule has 0 aliphatic rings. The molecule has 0 saturated carbocycles. The van der Waals surface area contributed by atoms with Gasteiger partial charge in [-0.05, 0) is 18.2 Å². The van der Waals surface area contributed by atoms with E-state index in [-0.39, 0.29) is 22.9 Å². The molecule has 0 spiro atoms. The van der Waals surface area contributed by atoms with Gasteiger partial charge in [-0.25, -0.2) is 4.39 Å². The maximum Gasteiger partial charge on any atom is 0.296 e. The number of hydrogen-bond donors (Lipinski definition) is 1. The highest BCUT2D eigenvalue weighted by molar-refractivity contribution is 6.30. The molecule has 110 valence electrons. The second-order valence-corrected chi connectivity index (χ2v) is 4.61. The number of halogens is 2. The van der Waals surface area contributed by atoms with E-state index in [9.17, 15) is 14.5 Å². The highest BCUT2D eigenvalue weighted by atomic mass is 35.5. The molecule has 0 unspecified atom stereocenters. The van der Waals surface area contributed by atoms with E-state index in [1.165, 1.54) is 25.3 Å². The molecular weight excluding hydrogens is 299 g/mol. The number of hydrogen-bond acceptors (Lipinski definition) is 4. The topological polar surface area (TPSA) is 64.4 Å². The highest BCUT2D eigenvalue weighted by Gasteiger charge is 2.15. The first-order chi connectivity index (χ1) is 10.0. The molecule has 0 aliphatic heterocycles. The summed E-state index contributed by atoms with van der Waals surface area (Å²) < 4.78 is 18.7. The zero-order valence-electron chi connectivity index (χ0n) is 11.1. The number of nitrogens with zero attached hydrogens (tertiary/aromatic N) is 1. The minimum atomic E-state index is -0.539. The van der Waals surface area contributed by atoms with E-state index in [0.29, 0.717) is 11.3 Å². The Morgan fingerprint density at radius 1 is 1.38 bits per heavy atom. The third kappa shape index (κ3) is 3.41. The third-order valence-electron chi connectivity index (χ3n) is 2.90. The summed E-state index contributed by atoms with van der Waals surface area (Å²) in [6.45, 7) is 0.0829. The van der Waals surface area contributed by atoms with Crippen molar-refractivity contribution >= 4 is 23.0 Å². The molecule has 0 bridgehead atoms. The van der Waals surface area contributed by atoms with Gasteiger partial charge in [-0.15, -0.1) is 0 Å². The molecule has 0 atom stereocenters. The number of nitro benzene ring substituents is 1. The Hall–Kier alpha value is -2.34. The van der Waals surface area contributed by atoms with Gasteiger partial charge in [0.1, 0.15) is 17.3 Å². The van der Waals surface area contributed by atoms with Gasteiger partial charge < -0.3 is 10.1 Å². The molecule has 2 rings (SSSR count). The largest absolute Gasteiger partial charge is 0.496 e. The Labute approximate surface area is 125 Å². The van der Waals surface area contributed by atoms with Crippen LogP contribution in [0, 0.1) is 15.9 Å². The molecule has 2 aromatic carbocycles. The van der Waals surface area contributed by atoms with Crippen LogP contribution in [0.15, 0.2) is 36.4 Å². The first-order valence-corrected chi connectivity index (χ1v) is 6.40. The molecule has 2 aromatic rings. The zero-order valence-corrected chi connectivity index (χ0v) is 11.9. The average molecular weight is 311 g/mol. The van der Waals surface area contributed by atoms with Crippen molar-refractivity contribution < 1.29 is 14.1 Å². The Bertz CT molecular complexity index is 679. The summed E-state index contributed by atoms with van der Waals surface area (Å²) in [6.07, 6.45) is 0. The lowest BCUT2D eigenvalue weighted by molar-refractivity contribution is -0.384. The van der Waals surface area contributed by atoms with Crippen molar-refractivity contribution in [3.05, 3.63) is 62.9 Å². The lowest BCUT2D eigenvalue weighted by Gasteiger charge is -2.09. The number of methoxy groups -OCH3 is 1. The summed E-state index contributed by atoms with van der Waals surface area (Å²) >= 11 is 5.69. The highest BCUT2D eigenvalue weighted by Crippen LogP contribution is 2.29. The Morgan fingerprint density at radius 2 is 2.14 bits per heavy atom. The van der Waals surface area contributed by atoms with Gasteiger partial charge in [-0.1, -0.05) is 23.7 Å². The van der Waals surface area contributed by atoms with Gasteiger partial charge in [-0.3, -0.25) is 10.1 Å². The van der Waals surface area contributed by atoms with Crippen LogP contribution in [0.5, 0.6) is 5.75 Å². The Kier molecular flexibility index (Phi) is 4.59. The predicted octanol–water partition coefficient (Wildman–Crippen LogP) is 4.01. The number of rotatable bonds is 5. The molecule has 5 nitrogen and oxygen atoms in total. The number of benzene rings is 2. The van der Waals surface area contributed by atoms with Crippen LogP contribution in [0.1, 0.15) is 5.56 Å². The molecule has 0 fully saturated rings. The molecule has 0 saturated heterocycles. The number of ether oxygens (including phenoxy) is 1. The summed E-state index contributed by atoms with van der Waals surface area (Å²) in [5, 5.41) is 13.9. The van der Waals surface area contributed by atoms with E-state index < -0.39 is 10.7 Å². The van der Waals surface area contributed by atoms with Crippen molar-refractivity contribution in [2.75, 3.05) is 12.4 Å². The van der Waals surface area contributed by atoms with Gasteiger partial charge in [0, 0.05) is 12.1 Å². The minimum absolute atomic E-state index is 0.0125. The first kappa shape index (κ1) is 15.1. The average Bonchev–Trinajstić information content (AvgIpc) is 2.48. The van der Waals surface area contributed by atoms with E-state index >= 15 is 0 Å². The van der Waals surface area contributed by atoms with Gasteiger partial charge in [0.25, 0.3) is 5.69 Å². The van der Waals surface area contributed by atoms with Crippen LogP contribution in [0.2, 0.25) is 5.02 Å². The van der Waals surface area contributed by atoms with E-state index in [1.54, 1.807) is 18.2 Å². The van der Waals surface area contributed by atoms with Crippen molar-refractivity contribution in [1.29, 1.82) is 0 Å². The SMILES string of the molecule is COc1ccc(NCc2cccc(Cl)c2F)c([N+](=O)[O-])c1. The molecule has 0 radical (unpaired) electrons. The Morgan fingerprint density at radius 3 is 2.81 bits per heavy atom. The molecule has 21 heavy (non-hydrogen) atoms. The van der Waals surface area contributed by atoms with Crippen LogP contribution in [-0.2, 0) is 6.54 Å². The fourth-order valence-corrected chi connectivity index (χ4v) is 2.01. The summed E-state index contributed by atoms with van der Waals surface area (Å²) in [5.41, 5.74) is 0.463. The third-order valence-corrected chi connectivity index (χ3v) is 3.19. The van der Waals surface area contributed by atoms with E-state index in [4.69, 9.17) is 16.3 Å². The van der Waals surface area contributed by atoms with Crippen molar-refractivity contribution in [3.8, 4) is 5.75 Å². The van der Waals surface area contributed by atoms with Crippen LogP contribution in [0.3, 0.4) is 0 Å². The van der Waals surface area contributed by atoms with E-state index in [2.05, 4.69) is 5.32 Å². The fraction of sp³-hybridized carbons (Fsp3) is 0.143. The molecule has 0 aromatic heterocycles. The van der Waals surface area contributed by atoms with Gasteiger partial charge in [0.15, 0.2) is 0 Å². The van der Waals surface area contributed by atoms with Gasteiger partial charge in [-0.2, -0.15) is 0 Å². The van der Waals surface area contributed by atoms with Gasteiger partial charge in [0.05, 0.1) is 23.1 Å². The Balaban J connectivity index is 2.23. The predicted molar refractivity (Wildman–Crippen MR) is 78.4 cm³/mol. The lowest BCUT2D eigenvalue weighted by Crippen LogP contribution is -2.04. The van der Waals surface area contributed by atoms with E-state index in [0.717, 1.165) is 0 Å². The van der Waals surface area contributed by atoms with Crippen molar-refractivity contribution in [3.63, 3.8) is 0 Å². The summed E-state index contributed by atoms with van der Waals surface area (Å²) in [7, 11) is 1.42.